The van der Waals surface area contributed by atoms with Gasteiger partial charge in [-0.3, -0.25) is 0 Å². The van der Waals surface area contributed by atoms with Crippen LogP contribution in [0.15, 0.2) is 46.9 Å². The quantitative estimate of drug-likeness (QED) is 0.844. The summed E-state index contributed by atoms with van der Waals surface area (Å²) in [6, 6.07) is 12.8. The van der Waals surface area contributed by atoms with Crippen molar-refractivity contribution in [2.45, 2.75) is 12.3 Å². The van der Waals surface area contributed by atoms with Crippen LogP contribution in [-0.2, 0) is 6.42 Å². The lowest BCUT2D eigenvalue weighted by Crippen LogP contribution is -2.19. The van der Waals surface area contributed by atoms with E-state index in [1.54, 1.807) is 19.2 Å². The van der Waals surface area contributed by atoms with Crippen LogP contribution in [0.5, 0.6) is 5.75 Å². The third-order valence-corrected chi connectivity index (χ3v) is 3.97. The first-order valence-electron chi connectivity index (χ1n) is 6.86. The number of hydrogen-bond donors (Lipinski definition) is 1. The van der Waals surface area contributed by atoms with Crippen molar-refractivity contribution < 1.29 is 9.13 Å². The van der Waals surface area contributed by atoms with Gasteiger partial charge in [-0.25, -0.2) is 4.39 Å². The van der Waals surface area contributed by atoms with Crippen LogP contribution in [0.3, 0.4) is 0 Å². The summed E-state index contributed by atoms with van der Waals surface area (Å²) < 4.78 is 19.9. The zero-order valence-corrected chi connectivity index (χ0v) is 13.8. The number of likely N-dealkylation sites (N-methyl/N-ethyl adjacent to an activating group) is 1. The molecule has 0 radical (unpaired) electrons. The molecular weight excluding hydrogens is 333 g/mol. The van der Waals surface area contributed by atoms with Crippen LogP contribution in [0.4, 0.5) is 4.39 Å². The number of nitrogens with one attached hydrogen (secondary N) is 1. The number of benzene rings is 2. The molecule has 1 atom stereocenters. The van der Waals surface area contributed by atoms with Crippen molar-refractivity contribution in [2.24, 2.45) is 0 Å². The standard InChI is InChI=1S/C17H19BrFNO/c1-20-11-14(12-4-3-5-16(19)10-12)8-13-9-15(18)6-7-17(13)21-2/h3-7,9-10,14,20H,8,11H2,1-2H3. The number of rotatable bonds is 6. The van der Waals surface area contributed by atoms with E-state index in [4.69, 9.17) is 4.74 Å². The third-order valence-electron chi connectivity index (χ3n) is 3.48. The minimum absolute atomic E-state index is 0.189. The Morgan fingerprint density at radius 1 is 1.24 bits per heavy atom. The maximum atomic E-state index is 13.5. The normalized spacial score (nSPS) is 12.2. The van der Waals surface area contributed by atoms with E-state index in [9.17, 15) is 4.39 Å². The van der Waals surface area contributed by atoms with Gasteiger partial charge in [-0.2, -0.15) is 0 Å². The topological polar surface area (TPSA) is 21.3 Å². The Bertz CT molecular complexity index is 603. The van der Waals surface area contributed by atoms with Crippen molar-refractivity contribution >= 4 is 15.9 Å². The summed E-state index contributed by atoms with van der Waals surface area (Å²) >= 11 is 3.49. The predicted octanol–water partition coefficient (Wildman–Crippen LogP) is 4.14. The van der Waals surface area contributed by atoms with Gasteiger partial charge in [0.1, 0.15) is 11.6 Å². The molecule has 0 aliphatic heterocycles. The Kier molecular flexibility index (Phi) is 5.76. The van der Waals surface area contributed by atoms with Crippen LogP contribution in [0, 0.1) is 5.82 Å². The molecule has 1 N–H and O–H groups in total. The lowest BCUT2D eigenvalue weighted by atomic mass is 9.91. The molecule has 0 bridgehead atoms. The van der Waals surface area contributed by atoms with Gasteiger partial charge >= 0.3 is 0 Å². The van der Waals surface area contributed by atoms with Gasteiger partial charge < -0.3 is 10.1 Å². The van der Waals surface area contributed by atoms with Gasteiger partial charge in [-0.05, 0) is 54.9 Å². The highest BCUT2D eigenvalue weighted by atomic mass is 79.9. The fourth-order valence-corrected chi connectivity index (χ4v) is 2.90. The summed E-state index contributed by atoms with van der Waals surface area (Å²) in [5, 5.41) is 3.18. The molecule has 0 saturated carbocycles. The Hall–Kier alpha value is -1.39. The third kappa shape index (κ3) is 4.29. The van der Waals surface area contributed by atoms with Crippen LogP contribution < -0.4 is 10.1 Å². The van der Waals surface area contributed by atoms with Crippen LogP contribution in [0.2, 0.25) is 0 Å². The zero-order valence-electron chi connectivity index (χ0n) is 12.2. The molecule has 1 unspecified atom stereocenters. The second-order valence-corrected chi connectivity index (χ2v) is 5.89. The van der Waals surface area contributed by atoms with Gasteiger partial charge in [-0.15, -0.1) is 0 Å². The Labute approximate surface area is 133 Å². The molecule has 2 aromatic rings. The zero-order chi connectivity index (χ0) is 15.2. The largest absolute Gasteiger partial charge is 0.496 e. The average Bonchev–Trinajstić information content (AvgIpc) is 2.47. The Morgan fingerprint density at radius 3 is 2.71 bits per heavy atom. The monoisotopic (exact) mass is 351 g/mol. The molecule has 2 rings (SSSR count). The first-order valence-corrected chi connectivity index (χ1v) is 7.66. The lowest BCUT2D eigenvalue weighted by molar-refractivity contribution is 0.407. The van der Waals surface area contributed by atoms with E-state index in [0.717, 1.165) is 34.3 Å². The highest BCUT2D eigenvalue weighted by molar-refractivity contribution is 9.10. The molecule has 2 aromatic carbocycles. The second-order valence-electron chi connectivity index (χ2n) is 4.97. The van der Waals surface area contributed by atoms with Gasteiger partial charge in [0.25, 0.3) is 0 Å². The number of methoxy groups -OCH3 is 1. The molecule has 0 spiro atoms. The van der Waals surface area contributed by atoms with E-state index in [2.05, 4.69) is 27.3 Å². The molecule has 0 aliphatic rings. The lowest BCUT2D eigenvalue weighted by Gasteiger charge is -2.19. The van der Waals surface area contributed by atoms with Crippen molar-refractivity contribution in [2.75, 3.05) is 20.7 Å². The Balaban J connectivity index is 2.30. The van der Waals surface area contributed by atoms with Crippen LogP contribution in [-0.4, -0.2) is 20.7 Å². The first kappa shape index (κ1) is 16.0. The summed E-state index contributed by atoms with van der Waals surface area (Å²) in [6.45, 7) is 0.777. The molecule has 0 aromatic heterocycles. The molecule has 112 valence electrons. The van der Waals surface area contributed by atoms with E-state index in [-0.39, 0.29) is 11.7 Å². The molecule has 0 amide bonds. The van der Waals surface area contributed by atoms with E-state index >= 15 is 0 Å². The van der Waals surface area contributed by atoms with Crippen molar-refractivity contribution in [3.8, 4) is 5.75 Å². The fourth-order valence-electron chi connectivity index (χ4n) is 2.49. The van der Waals surface area contributed by atoms with Gasteiger partial charge in [0, 0.05) is 16.9 Å². The molecule has 21 heavy (non-hydrogen) atoms. The maximum absolute atomic E-state index is 13.5. The molecule has 0 saturated heterocycles. The highest BCUT2D eigenvalue weighted by Crippen LogP contribution is 2.29. The summed E-state index contributed by atoms with van der Waals surface area (Å²) in [7, 11) is 3.58. The first-order chi connectivity index (χ1) is 10.1. The molecule has 2 nitrogen and oxygen atoms in total. The SMILES string of the molecule is CNCC(Cc1cc(Br)ccc1OC)c1cccc(F)c1. The minimum atomic E-state index is -0.199. The van der Waals surface area contributed by atoms with E-state index in [1.807, 2.05) is 25.2 Å². The van der Waals surface area contributed by atoms with Gasteiger partial charge in [-0.1, -0.05) is 28.1 Å². The number of ether oxygens (including phenoxy) is 1. The molecule has 0 aliphatic carbocycles. The van der Waals surface area contributed by atoms with Gasteiger partial charge in [0.05, 0.1) is 7.11 Å². The van der Waals surface area contributed by atoms with E-state index in [0.29, 0.717) is 0 Å². The van der Waals surface area contributed by atoms with Crippen LogP contribution in [0.25, 0.3) is 0 Å². The average molecular weight is 352 g/mol. The number of hydrogen-bond acceptors (Lipinski definition) is 2. The smallest absolute Gasteiger partial charge is 0.123 e. The minimum Gasteiger partial charge on any atom is -0.496 e. The predicted molar refractivity (Wildman–Crippen MR) is 87.5 cm³/mol. The molecule has 4 heteroatoms. The molecule has 0 heterocycles. The molecule has 0 fully saturated rings. The fraction of sp³-hybridized carbons (Fsp3) is 0.294. The van der Waals surface area contributed by atoms with Crippen molar-refractivity contribution in [1.29, 1.82) is 0 Å². The van der Waals surface area contributed by atoms with E-state index in [1.165, 1.54) is 6.07 Å². The van der Waals surface area contributed by atoms with Crippen molar-refractivity contribution in [3.63, 3.8) is 0 Å². The molecular formula is C17H19BrFNO. The summed E-state index contributed by atoms with van der Waals surface area (Å²) in [5.41, 5.74) is 2.10. The van der Waals surface area contributed by atoms with Gasteiger partial charge in [0.2, 0.25) is 0 Å². The van der Waals surface area contributed by atoms with Gasteiger partial charge in [0.15, 0.2) is 0 Å². The number of halogens is 2. The summed E-state index contributed by atoms with van der Waals surface area (Å²) in [4.78, 5) is 0. The van der Waals surface area contributed by atoms with Crippen molar-refractivity contribution in [3.05, 3.63) is 63.9 Å². The van der Waals surface area contributed by atoms with E-state index < -0.39 is 0 Å². The van der Waals surface area contributed by atoms with Crippen LogP contribution in [0.1, 0.15) is 17.0 Å². The van der Waals surface area contributed by atoms with Crippen molar-refractivity contribution in [1.82, 2.24) is 5.32 Å². The maximum Gasteiger partial charge on any atom is 0.123 e. The highest BCUT2D eigenvalue weighted by Gasteiger charge is 2.15. The summed E-state index contributed by atoms with van der Waals surface area (Å²) in [6.07, 6.45) is 0.785. The van der Waals surface area contributed by atoms with Crippen LogP contribution >= 0.6 is 15.9 Å². The summed E-state index contributed by atoms with van der Waals surface area (Å²) in [5.74, 6) is 0.847. The Morgan fingerprint density at radius 2 is 2.05 bits per heavy atom. The second kappa shape index (κ2) is 7.57.